The first-order chi connectivity index (χ1) is 10.7. The number of pyridine rings is 1. The Labute approximate surface area is 138 Å². The van der Waals surface area contributed by atoms with Gasteiger partial charge < -0.3 is 9.32 Å². The molecular weight excluding hydrogens is 346 g/mol. The monoisotopic (exact) mass is 363 g/mol. The van der Waals surface area contributed by atoms with Gasteiger partial charge in [0, 0.05) is 26.2 Å². The molecule has 1 saturated heterocycles. The summed E-state index contributed by atoms with van der Waals surface area (Å²) in [5, 5.41) is 0. The summed E-state index contributed by atoms with van der Waals surface area (Å²) in [6.45, 7) is 4.09. The Morgan fingerprint density at radius 3 is 2.86 bits per heavy atom. The molecule has 0 N–H and O–H groups in total. The number of furan rings is 1. The average molecular weight is 364 g/mol. The number of nitrogens with zero attached hydrogens (tertiary/aromatic N) is 3. The number of hydrogen-bond acceptors (Lipinski definition) is 4. The minimum atomic E-state index is 0.00106. The quantitative estimate of drug-likeness (QED) is 0.786. The largest absolute Gasteiger partial charge is 0.468 e. The molecule has 0 aliphatic carbocycles. The molecule has 2 aromatic rings. The van der Waals surface area contributed by atoms with Gasteiger partial charge in [0.15, 0.2) is 0 Å². The molecule has 0 saturated carbocycles. The van der Waals surface area contributed by atoms with Gasteiger partial charge >= 0.3 is 0 Å². The van der Waals surface area contributed by atoms with Crippen LogP contribution in [0.3, 0.4) is 0 Å². The fourth-order valence-corrected chi connectivity index (χ4v) is 2.99. The highest BCUT2D eigenvalue weighted by Crippen LogP contribution is 2.13. The molecular formula is C16H18BrN3O2. The van der Waals surface area contributed by atoms with Crippen molar-refractivity contribution < 1.29 is 9.21 Å². The summed E-state index contributed by atoms with van der Waals surface area (Å²) in [6, 6.07) is 9.31. The van der Waals surface area contributed by atoms with Crippen molar-refractivity contribution in [2.75, 3.05) is 26.2 Å². The lowest BCUT2D eigenvalue weighted by Gasteiger charge is -2.21. The van der Waals surface area contributed by atoms with Crippen LogP contribution in [-0.2, 0) is 6.54 Å². The summed E-state index contributed by atoms with van der Waals surface area (Å²) in [4.78, 5) is 21.0. The van der Waals surface area contributed by atoms with Crippen LogP contribution in [0.15, 0.2) is 45.6 Å². The number of hydrogen-bond donors (Lipinski definition) is 0. The maximum absolute atomic E-state index is 12.5. The summed E-state index contributed by atoms with van der Waals surface area (Å²) in [5.74, 6) is 0.967. The van der Waals surface area contributed by atoms with Gasteiger partial charge in [-0.2, -0.15) is 0 Å². The standard InChI is InChI=1S/C16H18BrN3O2/c17-15-6-1-5-14(18-15)16(21)20-8-3-7-19(9-10-20)12-13-4-2-11-22-13/h1-2,4-6,11H,3,7-10,12H2. The van der Waals surface area contributed by atoms with Crippen molar-refractivity contribution in [1.29, 1.82) is 0 Å². The highest BCUT2D eigenvalue weighted by Gasteiger charge is 2.21. The number of halogens is 1. The van der Waals surface area contributed by atoms with Crippen molar-refractivity contribution in [1.82, 2.24) is 14.8 Å². The Morgan fingerprint density at radius 1 is 1.18 bits per heavy atom. The third-order valence-electron chi connectivity index (χ3n) is 3.77. The zero-order chi connectivity index (χ0) is 15.4. The van der Waals surface area contributed by atoms with Gasteiger partial charge in [0.1, 0.15) is 16.1 Å². The second-order valence-electron chi connectivity index (χ2n) is 5.35. The predicted octanol–water partition coefficient (Wildman–Crippen LogP) is 2.79. The van der Waals surface area contributed by atoms with Crippen LogP contribution in [-0.4, -0.2) is 46.9 Å². The first kappa shape index (κ1) is 15.2. The van der Waals surface area contributed by atoms with Gasteiger partial charge in [-0.3, -0.25) is 9.69 Å². The van der Waals surface area contributed by atoms with Gasteiger partial charge in [-0.15, -0.1) is 0 Å². The average Bonchev–Trinajstić information content (AvgIpc) is 2.91. The third-order valence-corrected chi connectivity index (χ3v) is 4.21. The van der Waals surface area contributed by atoms with Gasteiger partial charge in [-0.05, 0) is 46.6 Å². The summed E-state index contributed by atoms with van der Waals surface area (Å²) < 4.78 is 6.08. The molecule has 1 aliphatic rings. The molecule has 3 rings (SSSR count). The van der Waals surface area contributed by atoms with Crippen LogP contribution in [0.4, 0.5) is 0 Å². The second-order valence-corrected chi connectivity index (χ2v) is 6.16. The maximum Gasteiger partial charge on any atom is 0.272 e. The molecule has 1 aliphatic heterocycles. The van der Waals surface area contributed by atoms with Crippen LogP contribution >= 0.6 is 15.9 Å². The third kappa shape index (κ3) is 3.75. The lowest BCUT2D eigenvalue weighted by atomic mass is 10.3. The van der Waals surface area contributed by atoms with E-state index in [0.717, 1.165) is 38.4 Å². The molecule has 1 fully saturated rings. The van der Waals surface area contributed by atoms with Crippen LogP contribution in [0.25, 0.3) is 0 Å². The lowest BCUT2D eigenvalue weighted by Crippen LogP contribution is -2.35. The Bertz CT molecular complexity index is 630. The topological polar surface area (TPSA) is 49.6 Å². The Hall–Kier alpha value is -1.66. The van der Waals surface area contributed by atoms with Crippen LogP contribution in [0.2, 0.25) is 0 Å². The van der Waals surface area contributed by atoms with E-state index >= 15 is 0 Å². The second kappa shape index (κ2) is 7.07. The maximum atomic E-state index is 12.5. The normalized spacial score (nSPS) is 16.5. The minimum absolute atomic E-state index is 0.00106. The van der Waals surface area contributed by atoms with Crippen molar-refractivity contribution >= 4 is 21.8 Å². The molecule has 116 valence electrons. The summed E-state index contributed by atoms with van der Waals surface area (Å²) >= 11 is 3.31. The molecule has 2 aromatic heterocycles. The van der Waals surface area contributed by atoms with Crippen LogP contribution in [0.5, 0.6) is 0 Å². The number of carbonyl (C=O) groups excluding carboxylic acids is 1. The van der Waals surface area contributed by atoms with E-state index in [0.29, 0.717) is 16.8 Å². The smallest absolute Gasteiger partial charge is 0.272 e. The Balaban J connectivity index is 1.61. The molecule has 22 heavy (non-hydrogen) atoms. The fraction of sp³-hybridized carbons (Fsp3) is 0.375. The van der Waals surface area contributed by atoms with Gasteiger partial charge in [-0.1, -0.05) is 6.07 Å². The van der Waals surface area contributed by atoms with Crippen molar-refractivity contribution in [2.45, 2.75) is 13.0 Å². The van der Waals surface area contributed by atoms with Gasteiger partial charge in [-0.25, -0.2) is 4.98 Å². The van der Waals surface area contributed by atoms with E-state index in [2.05, 4.69) is 25.8 Å². The van der Waals surface area contributed by atoms with E-state index in [1.807, 2.05) is 29.2 Å². The van der Waals surface area contributed by atoms with Crippen molar-refractivity contribution in [2.24, 2.45) is 0 Å². The molecule has 5 nitrogen and oxygen atoms in total. The summed E-state index contributed by atoms with van der Waals surface area (Å²) in [7, 11) is 0. The SMILES string of the molecule is O=C(c1cccc(Br)n1)N1CCCN(Cc2ccco2)CC1. The van der Waals surface area contributed by atoms with Crippen molar-refractivity contribution in [3.63, 3.8) is 0 Å². The Morgan fingerprint density at radius 2 is 2.09 bits per heavy atom. The molecule has 6 heteroatoms. The van der Waals surface area contributed by atoms with E-state index in [-0.39, 0.29) is 5.91 Å². The number of aromatic nitrogens is 1. The number of rotatable bonds is 3. The van der Waals surface area contributed by atoms with Gasteiger partial charge in [0.05, 0.1) is 12.8 Å². The minimum Gasteiger partial charge on any atom is -0.468 e. The molecule has 3 heterocycles. The molecule has 0 bridgehead atoms. The molecule has 0 atom stereocenters. The van der Waals surface area contributed by atoms with Gasteiger partial charge in [0.2, 0.25) is 0 Å². The van der Waals surface area contributed by atoms with E-state index in [1.54, 1.807) is 12.3 Å². The lowest BCUT2D eigenvalue weighted by molar-refractivity contribution is 0.0754. The van der Waals surface area contributed by atoms with Gasteiger partial charge in [0.25, 0.3) is 5.91 Å². The van der Waals surface area contributed by atoms with E-state index < -0.39 is 0 Å². The predicted molar refractivity (Wildman–Crippen MR) is 86.4 cm³/mol. The van der Waals surface area contributed by atoms with Crippen molar-refractivity contribution in [3.05, 3.63) is 52.7 Å². The van der Waals surface area contributed by atoms with Crippen LogP contribution in [0, 0.1) is 0 Å². The zero-order valence-electron chi connectivity index (χ0n) is 12.2. The molecule has 0 spiro atoms. The molecule has 0 aromatic carbocycles. The Kier molecular flexibility index (Phi) is 4.90. The first-order valence-corrected chi connectivity index (χ1v) is 8.18. The summed E-state index contributed by atoms with van der Waals surface area (Å²) in [5.41, 5.74) is 0.494. The molecule has 0 unspecified atom stereocenters. The highest BCUT2D eigenvalue weighted by atomic mass is 79.9. The number of amides is 1. The zero-order valence-corrected chi connectivity index (χ0v) is 13.8. The molecule has 1 amide bonds. The van der Waals surface area contributed by atoms with Crippen LogP contribution < -0.4 is 0 Å². The fourth-order valence-electron chi connectivity index (χ4n) is 2.64. The summed E-state index contributed by atoms with van der Waals surface area (Å²) in [6.07, 6.45) is 2.66. The van der Waals surface area contributed by atoms with E-state index in [1.165, 1.54) is 0 Å². The van der Waals surface area contributed by atoms with Crippen molar-refractivity contribution in [3.8, 4) is 0 Å². The van der Waals surface area contributed by atoms with E-state index in [9.17, 15) is 4.79 Å². The molecule has 0 radical (unpaired) electrons. The van der Waals surface area contributed by atoms with E-state index in [4.69, 9.17) is 4.42 Å². The first-order valence-electron chi connectivity index (χ1n) is 7.39. The number of carbonyl (C=O) groups is 1. The van der Waals surface area contributed by atoms with Crippen LogP contribution in [0.1, 0.15) is 22.7 Å². The highest BCUT2D eigenvalue weighted by molar-refractivity contribution is 9.10.